The lowest BCUT2D eigenvalue weighted by Crippen LogP contribution is -2.49. The molecule has 3 aromatic rings. The van der Waals surface area contributed by atoms with Crippen LogP contribution in [0.2, 0.25) is 0 Å². The van der Waals surface area contributed by atoms with E-state index >= 15 is 0 Å². The quantitative estimate of drug-likeness (QED) is 0.365. The Labute approximate surface area is 192 Å². The number of carbonyl (C=O) groups excluding carboxylic acids is 1. The maximum absolute atomic E-state index is 13.0. The Bertz CT molecular complexity index is 1320. The minimum absolute atomic E-state index is 0.00352. The molecule has 1 aromatic heterocycles. The second-order valence-electron chi connectivity index (χ2n) is 8.25. The molecule has 9 heteroatoms. The van der Waals surface area contributed by atoms with E-state index in [0.29, 0.717) is 12.0 Å². The van der Waals surface area contributed by atoms with Crippen LogP contribution < -0.4 is 11.0 Å². The number of aromatic nitrogens is 1. The second-order valence-corrected chi connectivity index (χ2v) is 10.7. The number of aryl methyl sites for hydroxylation is 1. The molecule has 2 aromatic carbocycles. The van der Waals surface area contributed by atoms with Gasteiger partial charge in [-0.1, -0.05) is 30.3 Å². The molecule has 0 radical (unpaired) electrons. The summed E-state index contributed by atoms with van der Waals surface area (Å²) in [5.41, 5.74) is 4.32. The summed E-state index contributed by atoms with van der Waals surface area (Å²) in [6.45, 7) is 1.89. The normalized spacial score (nSPS) is 13.6. The summed E-state index contributed by atoms with van der Waals surface area (Å²) in [4.78, 5) is 25.0. The molecule has 3 rings (SSSR count). The Hall–Kier alpha value is -3.01. The molecule has 0 saturated heterocycles. The number of benzene rings is 2. The third-order valence-corrected chi connectivity index (χ3v) is 8.12. The van der Waals surface area contributed by atoms with Crippen LogP contribution in [-0.4, -0.2) is 48.8 Å². The molecular formula is C24H28N2O6S. The molecule has 33 heavy (non-hydrogen) atoms. The smallest absolute Gasteiger partial charge is 0.264 e. The van der Waals surface area contributed by atoms with Gasteiger partial charge in [0.1, 0.15) is 0 Å². The first kappa shape index (κ1) is 24.6. The molecule has 8 nitrogen and oxygen atoms in total. The van der Waals surface area contributed by atoms with Crippen LogP contribution in [0.5, 0.6) is 0 Å². The molecule has 0 saturated carbocycles. The standard InChI is InChI=1S/C24H28N2O6S/c1-24(23(28)25-29,33(3,30)31)12-14-26-13-10-20-16-19(8-9-21(20)22(26)27)18-6-4-17(5-7-18)11-15-32-2/h4-10,13,16,29H,11-12,14-15H2,1-3H3,(H,25,28)/t24-/m0/s1. The van der Waals surface area contributed by atoms with E-state index in [1.165, 1.54) is 22.5 Å². The first-order chi connectivity index (χ1) is 15.6. The van der Waals surface area contributed by atoms with Crippen LogP contribution in [0.15, 0.2) is 59.5 Å². The van der Waals surface area contributed by atoms with Gasteiger partial charge in [0.15, 0.2) is 14.6 Å². The second kappa shape index (κ2) is 9.86. The van der Waals surface area contributed by atoms with Crippen LogP contribution >= 0.6 is 0 Å². The minimum Gasteiger partial charge on any atom is -0.384 e. The van der Waals surface area contributed by atoms with E-state index in [9.17, 15) is 18.0 Å². The Morgan fingerprint density at radius 1 is 1.12 bits per heavy atom. The predicted molar refractivity (Wildman–Crippen MR) is 127 cm³/mol. The molecule has 0 aliphatic rings. The van der Waals surface area contributed by atoms with E-state index in [1.807, 2.05) is 24.3 Å². The predicted octanol–water partition coefficient (Wildman–Crippen LogP) is 2.56. The number of hydroxylamine groups is 1. The van der Waals surface area contributed by atoms with Crippen LogP contribution in [0, 0.1) is 0 Å². The third kappa shape index (κ3) is 5.16. The van der Waals surface area contributed by atoms with Gasteiger partial charge in [-0.3, -0.25) is 14.8 Å². The lowest BCUT2D eigenvalue weighted by molar-refractivity contribution is -0.131. The van der Waals surface area contributed by atoms with Crippen molar-refractivity contribution in [1.29, 1.82) is 0 Å². The van der Waals surface area contributed by atoms with Gasteiger partial charge in [-0.15, -0.1) is 0 Å². The van der Waals surface area contributed by atoms with Crippen molar-refractivity contribution in [1.82, 2.24) is 10.0 Å². The number of hydrogen-bond acceptors (Lipinski definition) is 6. The van der Waals surface area contributed by atoms with Gasteiger partial charge in [0.05, 0.1) is 6.61 Å². The van der Waals surface area contributed by atoms with Gasteiger partial charge in [-0.05, 0) is 60.0 Å². The molecule has 0 unspecified atom stereocenters. The van der Waals surface area contributed by atoms with Crippen molar-refractivity contribution in [2.45, 2.75) is 31.1 Å². The highest BCUT2D eigenvalue weighted by Gasteiger charge is 2.43. The summed E-state index contributed by atoms with van der Waals surface area (Å²) in [5.74, 6) is -1.03. The number of fused-ring (bicyclic) bond motifs is 1. The molecule has 1 heterocycles. The maximum atomic E-state index is 13.0. The van der Waals surface area contributed by atoms with E-state index in [0.717, 1.165) is 29.2 Å². The average Bonchev–Trinajstić information content (AvgIpc) is 2.81. The van der Waals surface area contributed by atoms with Gasteiger partial charge in [-0.25, -0.2) is 13.9 Å². The van der Waals surface area contributed by atoms with E-state index in [-0.39, 0.29) is 18.5 Å². The van der Waals surface area contributed by atoms with E-state index in [1.54, 1.807) is 25.4 Å². The van der Waals surface area contributed by atoms with Crippen molar-refractivity contribution in [3.05, 3.63) is 70.6 Å². The van der Waals surface area contributed by atoms with Crippen LogP contribution in [-0.2, 0) is 32.3 Å². The third-order valence-electron chi connectivity index (χ3n) is 6.09. The monoisotopic (exact) mass is 472 g/mol. The maximum Gasteiger partial charge on any atom is 0.264 e. The first-order valence-electron chi connectivity index (χ1n) is 10.5. The zero-order valence-corrected chi connectivity index (χ0v) is 19.7. The Balaban J connectivity index is 1.87. The Morgan fingerprint density at radius 3 is 2.39 bits per heavy atom. The van der Waals surface area contributed by atoms with Crippen LogP contribution in [0.3, 0.4) is 0 Å². The molecular weight excluding hydrogens is 444 g/mol. The summed E-state index contributed by atoms with van der Waals surface area (Å²) in [6, 6.07) is 15.5. The molecule has 1 atom stereocenters. The molecule has 0 fully saturated rings. The molecule has 0 aliphatic carbocycles. The number of amides is 1. The van der Waals surface area contributed by atoms with Crippen molar-refractivity contribution in [3.8, 4) is 11.1 Å². The lowest BCUT2D eigenvalue weighted by atomic mass is 10.0. The fourth-order valence-corrected chi connectivity index (χ4v) is 4.49. The van der Waals surface area contributed by atoms with Gasteiger partial charge in [-0.2, -0.15) is 0 Å². The number of ether oxygens (including phenoxy) is 1. The van der Waals surface area contributed by atoms with Crippen molar-refractivity contribution in [2.75, 3.05) is 20.0 Å². The van der Waals surface area contributed by atoms with Crippen LogP contribution in [0.25, 0.3) is 21.9 Å². The summed E-state index contributed by atoms with van der Waals surface area (Å²) >= 11 is 0. The van der Waals surface area contributed by atoms with Gasteiger partial charge in [0, 0.05) is 31.5 Å². The lowest BCUT2D eigenvalue weighted by Gasteiger charge is -2.25. The molecule has 0 aliphatic heterocycles. The largest absolute Gasteiger partial charge is 0.384 e. The van der Waals surface area contributed by atoms with Gasteiger partial charge in [0.25, 0.3) is 11.5 Å². The Morgan fingerprint density at radius 2 is 1.79 bits per heavy atom. The number of sulfone groups is 1. The van der Waals surface area contributed by atoms with Crippen molar-refractivity contribution in [2.24, 2.45) is 0 Å². The fourth-order valence-electron chi connectivity index (χ4n) is 3.65. The highest BCUT2D eigenvalue weighted by atomic mass is 32.2. The Kier molecular flexibility index (Phi) is 7.36. The SMILES string of the molecule is COCCc1ccc(-c2ccc3c(=O)n(CC[C@@](C)(C(=O)NO)S(C)(=O)=O)ccc3c2)cc1. The molecule has 2 N–H and O–H groups in total. The highest BCUT2D eigenvalue weighted by molar-refractivity contribution is 7.92. The van der Waals surface area contributed by atoms with Crippen LogP contribution in [0.1, 0.15) is 18.9 Å². The van der Waals surface area contributed by atoms with Gasteiger partial charge in [0.2, 0.25) is 0 Å². The summed E-state index contributed by atoms with van der Waals surface area (Å²) < 4.78 is 28.9. The van der Waals surface area contributed by atoms with Crippen molar-refractivity contribution < 1.29 is 23.2 Å². The topological polar surface area (TPSA) is 115 Å². The highest BCUT2D eigenvalue weighted by Crippen LogP contribution is 2.25. The summed E-state index contributed by atoms with van der Waals surface area (Å²) in [6.07, 6.45) is 3.18. The molecule has 1 amide bonds. The number of nitrogens with one attached hydrogen (secondary N) is 1. The van der Waals surface area contributed by atoms with Gasteiger partial charge < -0.3 is 9.30 Å². The number of hydrogen-bond donors (Lipinski definition) is 2. The van der Waals surface area contributed by atoms with E-state index < -0.39 is 20.5 Å². The average molecular weight is 473 g/mol. The van der Waals surface area contributed by atoms with E-state index in [2.05, 4.69) is 12.1 Å². The molecule has 176 valence electrons. The van der Waals surface area contributed by atoms with Gasteiger partial charge >= 0.3 is 0 Å². The van der Waals surface area contributed by atoms with Crippen molar-refractivity contribution >= 4 is 26.5 Å². The first-order valence-corrected chi connectivity index (χ1v) is 12.4. The number of carbonyl (C=O) groups is 1. The fraction of sp³-hybridized carbons (Fsp3) is 0.333. The zero-order chi connectivity index (χ0) is 24.2. The zero-order valence-electron chi connectivity index (χ0n) is 18.9. The minimum atomic E-state index is -3.84. The summed E-state index contributed by atoms with van der Waals surface area (Å²) in [7, 11) is -2.17. The summed E-state index contributed by atoms with van der Waals surface area (Å²) in [5, 5.41) is 10.2. The molecule has 0 spiro atoms. The number of rotatable bonds is 9. The number of methoxy groups -OCH3 is 1. The number of nitrogens with zero attached hydrogens (tertiary/aromatic N) is 1. The van der Waals surface area contributed by atoms with Crippen molar-refractivity contribution in [3.63, 3.8) is 0 Å². The van der Waals surface area contributed by atoms with Crippen LogP contribution in [0.4, 0.5) is 0 Å². The van der Waals surface area contributed by atoms with E-state index in [4.69, 9.17) is 9.94 Å². The molecule has 0 bridgehead atoms. The number of pyridine rings is 1.